The van der Waals surface area contributed by atoms with Gasteiger partial charge in [-0.2, -0.15) is 0 Å². The van der Waals surface area contributed by atoms with Crippen molar-refractivity contribution in [3.63, 3.8) is 0 Å². The topological polar surface area (TPSA) is 81.7 Å². The number of para-hydroxylation sites is 1. The Morgan fingerprint density at radius 3 is 2.06 bits per heavy atom. The quantitative estimate of drug-likeness (QED) is 0.381. The maximum atomic E-state index is 12.5. The maximum absolute atomic E-state index is 12.5. The van der Waals surface area contributed by atoms with Crippen molar-refractivity contribution in [3.05, 3.63) is 83.4 Å². The zero-order valence-corrected chi connectivity index (χ0v) is 19.0. The van der Waals surface area contributed by atoms with Crippen LogP contribution < -0.4 is 10.1 Å². The monoisotopic (exact) mass is 445 g/mol. The van der Waals surface area contributed by atoms with Gasteiger partial charge in [0.15, 0.2) is 6.61 Å². The standard InChI is InChI=1S/C27H27NO5/c1-4-19-8-6-9-20(5-2)26(19)28-25(30)17-32-27(31)23-11-7-10-22(16-23)21-12-14-24(15-13-21)33-18(3)29/h6-16H,4-5,17H2,1-3H3,(H,28,30). The molecule has 0 saturated carbocycles. The van der Waals surface area contributed by atoms with Crippen LogP contribution in [0.15, 0.2) is 66.7 Å². The van der Waals surface area contributed by atoms with E-state index in [0.717, 1.165) is 40.8 Å². The Morgan fingerprint density at radius 2 is 1.45 bits per heavy atom. The number of amides is 1. The summed E-state index contributed by atoms with van der Waals surface area (Å²) in [4.78, 5) is 36.1. The molecule has 0 aliphatic heterocycles. The van der Waals surface area contributed by atoms with Gasteiger partial charge in [0.25, 0.3) is 5.91 Å². The minimum Gasteiger partial charge on any atom is -0.452 e. The van der Waals surface area contributed by atoms with Crippen LogP contribution in [0.3, 0.4) is 0 Å². The fourth-order valence-electron chi connectivity index (χ4n) is 3.50. The second kappa shape index (κ2) is 11.1. The van der Waals surface area contributed by atoms with E-state index in [9.17, 15) is 14.4 Å². The average molecular weight is 446 g/mol. The van der Waals surface area contributed by atoms with Crippen LogP contribution in [-0.4, -0.2) is 24.5 Å². The Bertz CT molecular complexity index is 1130. The summed E-state index contributed by atoms with van der Waals surface area (Å²) in [5.74, 6) is -0.900. The Hall–Kier alpha value is -3.93. The molecule has 1 amide bonds. The van der Waals surface area contributed by atoms with E-state index in [1.165, 1.54) is 6.92 Å². The first kappa shape index (κ1) is 23.7. The highest BCUT2D eigenvalue weighted by Crippen LogP contribution is 2.24. The van der Waals surface area contributed by atoms with Crippen LogP contribution in [0.25, 0.3) is 11.1 Å². The zero-order chi connectivity index (χ0) is 23.8. The molecule has 0 aliphatic carbocycles. The molecule has 0 saturated heterocycles. The van der Waals surface area contributed by atoms with Crippen molar-refractivity contribution in [1.29, 1.82) is 0 Å². The van der Waals surface area contributed by atoms with Crippen LogP contribution in [0, 0.1) is 0 Å². The van der Waals surface area contributed by atoms with Gasteiger partial charge in [-0.25, -0.2) is 4.79 Å². The van der Waals surface area contributed by atoms with Crippen molar-refractivity contribution in [2.45, 2.75) is 33.6 Å². The van der Waals surface area contributed by atoms with Gasteiger partial charge in [-0.1, -0.05) is 56.3 Å². The van der Waals surface area contributed by atoms with Crippen LogP contribution in [0.1, 0.15) is 42.3 Å². The van der Waals surface area contributed by atoms with E-state index >= 15 is 0 Å². The summed E-state index contributed by atoms with van der Waals surface area (Å²) in [6.07, 6.45) is 1.58. The number of hydrogen-bond donors (Lipinski definition) is 1. The largest absolute Gasteiger partial charge is 0.452 e. The number of esters is 2. The van der Waals surface area contributed by atoms with Gasteiger partial charge in [-0.3, -0.25) is 9.59 Å². The molecular formula is C27H27NO5. The van der Waals surface area contributed by atoms with Crippen LogP contribution in [0.2, 0.25) is 0 Å². The van der Waals surface area contributed by atoms with E-state index < -0.39 is 5.97 Å². The molecule has 3 aromatic rings. The molecule has 170 valence electrons. The van der Waals surface area contributed by atoms with E-state index in [1.54, 1.807) is 42.5 Å². The molecule has 33 heavy (non-hydrogen) atoms. The van der Waals surface area contributed by atoms with Gasteiger partial charge in [0.1, 0.15) is 5.75 Å². The summed E-state index contributed by atoms with van der Waals surface area (Å²) in [6, 6.07) is 19.8. The third kappa shape index (κ3) is 6.29. The lowest BCUT2D eigenvalue weighted by Crippen LogP contribution is -2.22. The third-order valence-electron chi connectivity index (χ3n) is 5.15. The van der Waals surface area contributed by atoms with Gasteiger partial charge in [0.2, 0.25) is 0 Å². The number of nitrogens with one attached hydrogen (secondary N) is 1. The summed E-state index contributed by atoms with van der Waals surface area (Å²) >= 11 is 0. The maximum Gasteiger partial charge on any atom is 0.338 e. The summed E-state index contributed by atoms with van der Waals surface area (Å²) in [5.41, 5.74) is 4.87. The number of aryl methyl sites for hydroxylation is 2. The molecule has 3 rings (SSSR count). The van der Waals surface area contributed by atoms with Crippen molar-refractivity contribution >= 4 is 23.5 Å². The molecule has 1 N–H and O–H groups in total. The molecule has 0 radical (unpaired) electrons. The third-order valence-corrected chi connectivity index (χ3v) is 5.15. The first-order valence-electron chi connectivity index (χ1n) is 10.9. The van der Waals surface area contributed by atoms with Gasteiger partial charge in [-0.05, 0) is 59.4 Å². The van der Waals surface area contributed by atoms with E-state index in [4.69, 9.17) is 9.47 Å². The molecule has 6 nitrogen and oxygen atoms in total. The fourth-order valence-corrected chi connectivity index (χ4v) is 3.50. The second-order valence-electron chi connectivity index (χ2n) is 7.48. The van der Waals surface area contributed by atoms with Gasteiger partial charge in [0, 0.05) is 12.6 Å². The number of carbonyl (C=O) groups excluding carboxylic acids is 3. The van der Waals surface area contributed by atoms with Gasteiger partial charge >= 0.3 is 11.9 Å². The number of hydrogen-bond acceptors (Lipinski definition) is 5. The normalized spacial score (nSPS) is 10.4. The van der Waals surface area contributed by atoms with Crippen molar-refractivity contribution in [2.24, 2.45) is 0 Å². The average Bonchev–Trinajstić information content (AvgIpc) is 2.82. The van der Waals surface area contributed by atoms with E-state index in [2.05, 4.69) is 5.32 Å². The first-order chi connectivity index (χ1) is 15.9. The summed E-state index contributed by atoms with van der Waals surface area (Å²) in [6.45, 7) is 5.03. The predicted molar refractivity (Wildman–Crippen MR) is 127 cm³/mol. The summed E-state index contributed by atoms with van der Waals surface area (Å²) < 4.78 is 10.3. The number of benzene rings is 3. The molecule has 0 heterocycles. The Kier molecular flexibility index (Phi) is 7.97. The van der Waals surface area contributed by atoms with Crippen molar-refractivity contribution in [2.75, 3.05) is 11.9 Å². The molecule has 0 atom stereocenters. The van der Waals surface area contributed by atoms with Crippen molar-refractivity contribution < 1.29 is 23.9 Å². The molecule has 0 unspecified atom stereocenters. The van der Waals surface area contributed by atoms with E-state index in [-0.39, 0.29) is 18.5 Å². The summed E-state index contributed by atoms with van der Waals surface area (Å²) in [5, 5.41) is 2.89. The molecule has 0 spiro atoms. The highest BCUT2D eigenvalue weighted by molar-refractivity contribution is 5.97. The highest BCUT2D eigenvalue weighted by Gasteiger charge is 2.14. The predicted octanol–water partition coefficient (Wildman–Crippen LogP) is 5.20. The number of ether oxygens (including phenoxy) is 2. The van der Waals surface area contributed by atoms with E-state index in [0.29, 0.717) is 11.3 Å². The van der Waals surface area contributed by atoms with Crippen LogP contribution in [0.5, 0.6) is 5.75 Å². The molecule has 0 fully saturated rings. The smallest absolute Gasteiger partial charge is 0.338 e. The zero-order valence-electron chi connectivity index (χ0n) is 19.0. The van der Waals surface area contributed by atoms with Crippen molar-refractivity contribution in [1.82, 2.24) is 0 Å². The van der Waals surface area contributed by atoms with Gasteiger partial charge in [0.05, 0.1) is 5.56 Å². The number of carbonyl (C=O) groups is 3. The van der Waals surface area contributed by atoms with E-state index in [1.807, 2.05) is 38.1 Å². The van der Waals surface area contributed by atoms with Crippen LogP contribution in [-0.2, 0) is 27.2 Å². The van der Waals surface area contributed by atoms with Crippen LogP contribution >= 0.6 is 0 Å². The number of anilines is 1. The first-order valence-corrected chi connectivity index (χ1v) is 10.9. The molecule has 0 aliphatic rings. The minimum absolute atomic E-state index is 0.340. The van der Waals surface area contributed by atoms with Gasteiger partial charge in [-0.15, -0.1) is 0 Å². The Morgan fingerprint density at radius 1 is 0.818 bits per heavy atom. The van der Waals surface area contributed by atoms with Crippen molar-refractivity contribution in [3.8, 4) is 16.9 Å². The molecule has 0 aromatic heterocycles. The molecular weight excluding hydrogens is 418 g/mol. The Balaban J connectivity index is 1.65. The Labute approximate surface area is 193 Å². The number of rotatable bonds is 8. The van der Waals surface area contributed by atoms with Crippen LogP contribution in [0.4, 0.5) is 5.69 Å². The fraction of sp³-hybridized carbons (Fsp3) is 0.222. The lowest BCUT2D eigenvalue weighted by Gasteiger charge is -2.14. The highest BCUT2D eigenvalue weighted by atomic mass is 16.5. The lowest BCUT2D eigenvalue weighted by atomic mass is 10.0. The summed E-state index contributed by atoms with van der Waals surface area (Å²) in [7, 11) is 0. The SMILES string of the molecule is CCc1cccc(CC)c1NC(=O)COC(=O)c1cccc(-c2ccc(OC(C)=O)cc2)c1. The molecule has 6 heteroatoms. The lowest BCUT2D eigenvalue weighted by molar-refractivity contribution is -0.131. The minimum atomic E-state index is -0.581. The molecule has 3 aromatic carbocycles. The molecule has 0 bridgehead atoms. The second-order valence-corrected chi connectivity index (χ2v) is 7.48. The van der Waals surface area contributed by atoms with Gasteiger partial charge < -0.3 is 14.8 Å².